The molecule has 1 aliphatic heterocycles. The van der Waals surface area contributed by atoms with Gasteiger partial charge in [-0.05, 0) is 58.7 Å². The molecule has 1 saturated heterocycles. The second kappa shape index (κ2) is 6.23. The summed E-state index contributed by atoms with van der Waals surface area (Å²) in [5.41, 5.74) is 1.45. The molecule has 0 bridgehead atoms. The van der Waals surface area contributed by atoms with Gasteiger partial charge in [0.25, 0.3) is 0 Å². The van der Waals surface area contributed by atoms with Crippen LogP contribution in [0, 0.1) is 18.3 Å². The molecule has 0 unspecified atom stereocenters. The van der Waals surface area contributed by atoms with E-state index in [1.54, 1.807) is 0 Å². The van der Waals surface area contributed by atoms with Crippen LogP contribution in [0.3, 0.4) is 0 Å². The number of nitrogens with one attached hydrogen (secondary N) is 1. The van der Waals surface area contributed by atoms with Gasteiger partial charge in [0.1, 0.15) is 5.82 Å². The van der Waals surface area contributed by atoms with Crippen molar-refractivity contribution >= 4 is 21.7 Å². The Hall–Kier alpha value is -0.610. The maximum absolute atomic E-state index is 5.45. The van der Waals surface area contributed by atoms with Gasteiger partial charge in [-0.15, -0.1) is 0 Å². The van der Waals surface area contributed by atoms with Crippen LogP contribution in [0.1, 0.15) is 32.3 Å². The molecule has 2 heterocycles. The maximum Gasteiger partial charge on any atom is 0.128 e. The van der Waals surface area contributed by atoms with E-state index in [-0.39, 0.29) is 5.41 Å². The molecule has 0 aliphatic carbocycles. The minimum absolute atomic E-state index is 0.269. The van der Waals surface area contributed by atoms with Gasteiger partial charge in [0.2, 0.25) is 0 Å². The van der Waals surface area contributed by atoms with Crippen LogP contribution in [0.25, 0.3) is 0 Å². The molecule has 1 N–H and O–H groups in total. The highest BCUT2D eigenvalue weighted by Gasteiger charge is 2.30. The fourth-order valence-corrected chi connectivity index (χ4v) is 3.11. The predicted octanol–water partition coefficient (Wildman–Crippen LogP) is 4.02. The molecule has 19 heavy (non-hydrogen) atoms. The highest BCUT2D eigenvalue weighted by molar-refractivity contribution is 9.10. The summed E-state index contributed by atoms with van der Waals surface area (Å²) in [6.45, 7) is 9.52. The third kappa shape index (κ3) is 3.93. The van der Waals surface area contributed by atoms with E-state index >= 15 is 0 Å². The fourth-order valence-electron chi connectivity index (χ4n) is 2.66. The molecule has 0 atom stereocenters. The molecule has 0 aromatic carbocycles. The van der Waals surface area contributed by atoms with E-state index < -0.39 is 0 Å². The summed E-state index contributed by atoms with van der Waals surface area (Å²) in [5, 5.41) is 3.50. The van der Waals surface area contributed by atoms with E-state index in [9.17, 15) is 0 Å². The zero-order valence-corrected chi connectivity index (χ0v) is 13.6. The van der Waals surface area contributed by atoms with Crippen molar-refractivity contribution in [3.63, 3.8) is 0 Å². The minimum Gasteiger partial charge on any atom is -0.381 e. The smallest absolute Gasteiger partial charge is 0.128 e. The number of anilines is 1. The van der Waals surface area contributed by atoms with E-state index in [1.165, 1.54) is 18.4 Å². The molecule has 0 spiro atoms. The van der Waals surface area contributed by atoms with Crippen LogP contribution < -0.4 is 5.32 Å². The average Bonchev–Trinajstić information content (AvgIpc) is 2.39. The van der Waals surface area contributed by atoms with Crippen LogP contribution in [0.15, 0.2) is 16.7 Å². The number of rotatable bonds is 4. The number of aryl methyl sites for hydroxylation is 1. The molecular formula is C15H23BrN2O. The van der Waals surface area contributed by atoms with Crippen molar-refractivity contribution in [3.8, 4) is 0 Å². The normalized spacial score (nSPS) is 17.5. The lowest BCUT2D eigenvalue weighted by Gasteiger charge is -2.37. The number of pyridine rings is 1. The average molecular weight is 327 g/mol. The summed E-state index contributed by atoms with van der Waals surface area (Å²) >= 11 is 3.45. The summed E-state index contributed by atoms with van der Waals surface area (Å²) in [5.74, 6) is 1.72. The lowest BCUT2D eigenvalue weighted by atomic mass is 9.74. The van der Waals surface area contributed by atoms with Gasteiger partial charge in [-0.3, -0.25) is 0 Å². The van der Waals surface area contributed by atoms with Crippen LogP contribution >= 0.6 is 15.9 Å². The van der Waals surface area contributed by atoms with Crippen LogP contribution in [-0.2, 0) is 4.74 Å². The van der Waals surface area contributed by atoms with Gasteiger partial charge >= 0.3 is 0 Å². The first kappa shape index (κ1) is 14.8. The summed E-state index contributed by atoms with van der Waals surface area (Å²) in [7, 11) is 0. The highest BCUT2D eigenvalue weighted by atomic mass is 79.9. The molecule has 1 aromatic rings. The Bertz CT molecular complexity index is 428. The van der Waals surface area contributed by atoms with Gasteiger partial charge in [0.05, 0.1) is 0 Å². The predicted molar refractivity (Wildman–Crippen MR) is 82.5 cm³/mol. The van der Waals surface area contributed by atoms with Crippen molar-refractivity contribution in [1.29, 1.82) is 0 Å². The van der Waals surface area contributed by atoms with E-state index in [0.717, 1.165) is 36.0 Å². The van der Waals surface area contributed by atoms with Crippen molar-refractivity contribution < 1.29 is 4.74 Å². The molecule has 4 heteroatoms. The summed E-state index contributed by atoms with van der Waals surface area (Å²) in [4.78, 5) is 4.44. The topological polar surface area (TPSA) is 34.2 Å². The van der Waals surface area contributed by atoms with Crippen LogP contribution in [0.2, 0.25) is 0 Å². The van der Waals surface area contributed by atoms with Crippen molar-refractivity contribution in [2.24, 2.45) is 11.3 Å². The Morgan fingerprint density at radius 2 is 2.11 bits per heavy atom. The largest absolute Gasteiger partial charge is 0.381 e. The second-order valence-corrected chi connectivity index (χ2v) is 6.96. The molecule has 1 aliphatic rings. The first-order valence-corrected chi connectivity index (χ1v) is 7.72. The molecule has 0 radical (unpaired) electrons. The van der Waals surface area contributed by atoms with Crippen molar-refractivity contribution in [1.82, 2.24) is 4.98 Å². The molecule has 106 valence electrons. The first-order chi connectivity index (χ1) is 8.99. The third-order valence-electron chi connectivity index (χ3n) is 4.08. The summed E-state index contributed by atoms with van der Waals surface area (Å²) in [6.07, 6.45) is 4.18. The molecule has 3 nitrogen and oxygen atoms in total. The highest BCUT2D eigenvalue weighted by Crippen LogP contribution is 2.34. The maximum atomic E-state index is 5.45. The number of ether oxygens (including phenoxy) is 1. The molecule has 2 rings (SSSR count). The number of halogens is 1. The van der Waals surface area contributed by atoms with Gasteiger partial charge in [0, 0.05) is 30.4 Å². The van der Waals surface area contributed by atoms with Crippen LogP contribution in [-0.4, -0.2) is 24.7 Å². The number of hydrogen-bond donors (Lipinski definition) is 1. The standard InChI is InChI=1S/C15H23BrN2O/c1-11-8-13(16)9-17-14(11)18-10-15(2,3)12-4-6-19-7-5-12/h8-9,12H,4-7,10H2,1-3H3,(H,17,18). The fraction of sp³-hybridized carbons (Fsp3) is 0.667. The Balaban J connectivity index is 1.96. The molecule has 0 saturated carbocycles. The molecule has 1 aromatic heterocycles. The number of aromatic nitrogens is 1. The molecule has 0 amide bonds. The molecular weight excluding hydrogens is 304 g/mol. The Morgan fingerprint density at radius 1 is 1.42 bits per heavy atom. The van der Waals surface area contributed by atoms with Crippen molar-refractivity contribution in [3.05, 3.63) is 22.3 Å². The van der Waals surface area contributed by atoms with E-state index in [1.807, 2.05) is 6.20 Å². The van der Waals surface area contributed by atoms with E-state index in [0.29, 0.717) is 0 Å². The number of nitrogens with zero attached hydrogens (tertiary/aromatic N) is 1. The van der Waals surface area contributed by atoms with Gasteiger partial charge in [-0.1, -0.05) is 13.8 Å². The number of hydrogen-bond acceptors (Lipinski definition) is 3. The lowest BCUT2D eigenvalue weighted by Crippen LogP contribution is -2.35. The van der Waals surface area contributed by atoms with Gasteiger partial charge in [0.15, 0.2) is 0 Å². The zero-order valence-electron chi connectivity index (χ0n) is 12.0. The van der Waals surface area contributed by atoms with Crippen molar-refractivity contribution in [2.45, 2.75) is 33.6 Å². The Morgan fingerprint density at radius 3 is 2.74 bits per heavy atom. The van der Waals surface area contributed by atoms with E-state index in [4.69, 9.17) is 4.74 Å². The second-order valence-electron chi connectivity index (χ2n) is 6.05. The van der Waals surface area contributed by atoms with Crippen molar-refractivity contribution in [2.75, 3.05) is 25.1 Å². The minimum atomic E-state index is 0.269. The van der Waals surface area contributed by atoms with Gasteiger partial charge in [-0.2, -0.15) is 0 Å². The van der Waals surface area contributed by atoms with Gasteiger partial charge < -0.3 is 10.1 Å². The van der Waals surface area contributed by atoms with Gasteiger partial charge in [-0.25, -0.2) is 4.98 Å². The summed E-state index contributed by atoms with van der Waals surface area (Å²) in [6, 6.07) is 2.09. The Labute approximate surface area is 124 Å². The van der Waals surface area contributed by atoms with Crippen LogP contribution in [0.4, 0.5) is 5.82 Å². The third-order valence-corrected chi connectivity index (χ3v) is 4.52. The quantitative estimate of drug-likeness (QED) is 0.907. The van der Waals surface area contributed by atoms with Crippen LogP contribution in [0.5, 0.6) is 0 Å². The monoisotopic (exact) mass is 326 g/mol. The lowest BCUT2D eigenvalue weighted by molar-refractivity contribution is 0.0268. The summed E-state index contributed by atoms with van der Waals surface area (Å²) < 4.78 is 6.48. The zero-order chi connectivity index (χ0) is 13.9. The first-order valence-electron chi connectivity index (χ1n) is 6.93. The Kier molecular flexibility index (Phi) is 4.85. The molecule has 1 fully saturated rings. The van der Waals surface area contributed by atoms with E-state index in [2.05, 4.69) is 53.1 Å². The SMILES string of the molecule is Cc1cc(Br)cnc1NCC(C)(C)C1CCOCC1.